The van der Waals surface area contributed by atoms with E-state index in [1.807, 2.05) is 0 Å². The molecule has 1 saturated heterocycles. The number of alkyl halides is 3. The van der Waals surface area contributed by atoms with Gasteiger partial charge in [0.2, 0.25) is 6.29 Å². The molecule has 0 amide bonds. The lowest BCUT2D eigenvalue weighted by molar-refractivity contribution is -0.204. The van der Waals surface area contributed by atoms with Crippen molar-refractivity contribution >= 4 is 11.9 Å². The summed E-state index contributed by atoms with van der Waals surface area (Å²) >= 11 is 0. The van der Waals surface area contributed by atoms with Crippen LogP contribution in [-0.4, -0.2) is 36.6 Å². The van der Waals surface area contributed by atoms with Gasteiger partial charge in [0.1, 0.15) is 0 Å². The maximum atomic E-state index is 12.2. The first-order valence-electron chi connectivity index (χ1n) is 5.24. The van der Waals surface area contributed by atoms with E-state index < -0.39 is 43.0 Å². The Hall–Kier alpha value is -1.31. The largest absolute Gasteiger partial charge is 0.456 e. The SMILES string of the molecule is CC(=O)O[C@@H]1O[C@H](CC(F)(F)F)C[C@H]1OC(C)=O. The van der Waals surface area contributed by atoms with Crippen LogP contribution < -0.4 is 0 Å². The molecule has 0 saturated carbocycles. The molecule has 0 radical (unpaired) electrons. The molecule has 1 heterocycles. The van der Waals surface area contributed by atoms with Gasteiger partial charge < -0.3 is 14.2 Å². The van der Waals surface area contributed by atoms with Crippen LogP contribution in [0.1, 0.15) is 26.7 Å². The summed E-state index contributed by atoms with van der Waals surface area (Å²) in [6.07, 6.45) is -9.19. The normalized spacial score (nSPS) is 27.9. The third kappa shape index (κ3) is 4.91. The van der Waals surface area contributed by atoms with Gasteiger partial charge in [0.05, 0.1) is 12.5 Å². The van der Waals surface area contributed by atoms with E-state index in [9.17, 15) is 22.8 Å². The Morgan fingerprint density at radius 2 is 1.78 bits per heavy atom. The van der Waals surface area contributed by atoms with E-state index in [4.69, 9.17) is 9.47 Å². The van der Waals surface area contributed by atoms with E-state index in [1.54, 1.807) is 0 Å². The fourth-order valence-corrected chi connectivity index (χ4v) is 1.68. The average molecular weight is 270 g/mol. The topological polar surface area (TPSA) is 61.8 Å². The molecule has 0 aliphatic carbocycles. The third-order valence-corrected chi connectivity index (χ3v) is 2.18. The van der Waals surface area contributed by atoms with E-state index in [-0.39, 0.29) is 6.42 Å². The molecule has 1 aliphatic heterocycles. The highest BCUT2D eigenvalue weighted by molar-refractivity contribution is 5.67. The minimum Gasteiger partial charge on any atom is -0.456 e. The van der Waals surface area contributed by atoms with E-state index in [0.717, 1.165) is 13.8 Å². The quantitative estimate of drug-likeness (QED) is 0.728. The summed E-state index contributed by atoms with van der Waals surface area (Å²) in [5, 5.41) is 0. The summed E-state index contributed by atoms with van der Waals surface area (Å²) in [7, 11) is 0. The third-order valence-electron chi connectivity index (χ3n) is 2.18. The standard InChI is InChI=1S/C10H13F3O5/c1-5(14)16-8-3-7(4-10(11,12)13)18-9(8)17-6(2)15/h7-9H,3-4H2,1-2H3/t7-,8+,9+/m0/s1. The summed E-state index contributed by atoms with van der Waals surface area (Å²) in [4.78, 5) is 21.5. The van der Waals surface area contributed by atoms with Crippen LogP contribution in [0.5, 0.6) is 0 Å². The van der Waals surface area contributed by atoms with Crippen LogP contribution in [0.15, 0.2) is 0 Å². The Morgan fingerprint density at radius 3 is 2.22 bits per heavy atom. The van der Waals surface area contributed by atoms with Crippen LogP contribution in [0.25, 0.3) is 0 Å². The maximum absolute atomic E-state index is 12.2. The summed E-state index contributed by atoms with van der Waals surface area (Å²) in [6, 6.07) is 0. The number of ether oxygens (including phenoxy) is 3. The fourth-order valence-electron chi connectivity index (χ4n) is 1.68. The maximum Gasteiger partial charge on any atom is 0.391 e. The Labute approximate surface area is 101 Å². The number of rotatable bonds is 3. The predicted molar refractivity (Wildman–Crippen MR) is 51.3 cm³/mol. The van der Waals surface area contributed by atoms with Crippen LogP contribution in [0.4, 0.5) is 13.2 Å². The van der Waals surface area contributed by atoms with Crippen molar-refractivity contribution in [2.45, 2.75) is 51.4 Å². The first kappa shape index (κ1) is 14.7. The monoisotopic (exact) mass is 270 g/mol. The summed E-state index contributed by atoms with van der Waals surface area (Å²) in [5.74, 6) is -1.39. The molecule has 1 aliphatic rings. The molecule has 0 spiro atoms. The van der Waals surface area contributed by atoms with Crippen molar-refractivity contribution < 1.29 is 37.0 Å². The highest BCUT2D eigenvalue weighted by atomic mass is 19.4. The van der Waals surface area contributed by atoms with Crippen molar-refractivity contribution in [2.75, 3.05) is 0 Å². The van der Waals surface area contributed by atoms with Crippen molar-refractivity contribution in [3.63, 3.8) is 0 Å². The van der Waals surface area contributed by atoms with E-state index in [0.29, 0.717) is 0 Å². The molecule has 0 N–H and O–H groups in total. The Balaban J connectivity index is 2.63. The number of hydrogen-bond acceptors (Lipinski definition) is 5. The lowest BCUT2D eigenvalue weighted by Crippen LogP contribution is -2.30. The van der Waals surface area contributed by atoms with Gasteiger partial charge in [0, 0.05) is 20.3 Å². The van der Waals surface area contributed by atoms with Crippen LogP contribution in [-0.2, 0) is 23.8 Å². The minimum absolute atomic E-state index is 0.156. The van der Waals surface area contributed by atoms with E-state index in [1.165, 1.54) is 0 Å². The number of carbonyl (C=O) groups excluding carboxylic acids is 2. The zero-order valence-corrected chi connectivity index (χ0v) is 9.82. The average Bonchev–Trinajstić information content (AvgIpc) is 2.41. The van der Waals surface area contributed by atoms with Crippen LogP contribution in [0.2, 0.25) is 0 Å². The van der Waals surface area contributed by atoms with Crippen LogP contribution in [0, 0.1) is 0 Å². The van der Waals surface area contributed by atoms with Crippen molar-refractivity contribution in [3.05, 3.63) is 0 Å². The zero-order chi connectivity index (χ0) is 13.9. The summed E-state index contributed by atoms with van der Waals surface area (Å²) in [5.41, 5.74) is 0. The molecule has 8 heteroatoms. The van der Waals surface area contributed by atoms with Gasteiger partial charge in [-0.05, 0) is 0 Å². The van der Waals surface area contributed by atoms with Gasteiger partial charge in [-0.15, -0.1) is 0 Å². The minimum atomic E-state index is -4.39. The van der Waals surface area contributed by atoms with Crippen molar-refractivity contribution in [1.29, 1.82) is 0 Å². The zero-order valence-electron chi connectivity index (χ0n) is 9.82. The molecule has 0 aromatic heterocycles. The second kappa shape index (κ2) is 5.55. The molecule has 0 unspecified atom stereocenters. The second-order valence-corrected chi connectivity index (χ2v) is 3.94. The molecule has 104 valence electrons. The number of carbonyl (C=O) groups is 2. The van der Waals surface area contributed by atoms with Crippen LogP contribution >= 0.6 is 0 Å². The van der Waals surface area contributed by atoms with Gasteiger partial charge in [-0.1, -0.05) is 0 Å². The van der Waals surface area contributed by atoms with Gasteiger partial charge in [0.15, 0.2) is 6.10 Å². The second-order valence-electron chi connectivity index (χ2n) is 3.94. The van der Waals surface area contributed by atoms with E-state index in [2.05, 4.69) is 4.74 Å². The Morgan fingerprint density at radius 1 is 1.22 bits per heavy atom. The number of esters is 2. The summed E-state index contributed by atoms with van der Waals surface area (Å²) in [6.45, 7) is 2.20. The molecular formula is C10H13F3O5. The smallest absolute Gasteiger partial charge is 0.391 e. The highest BCUT2D eigenvalue weighted by Crippen LogP contribution is 2.32. The molecule has 3 atom stereocenters. The number of hydrogen-bond donors (Lipinski definition) is 0. The molecule has 0 aromatic carbocycles. The first-order chi connectivity index (χ1) is 8.17. The van der Waals surface area contributed by atoms with Gasteiger partial charge >= 0.3 is 18.1 Å². The van der Waals surface area contributed by atoms with E-state index >= 15 is 0 Å². The van der Waals surface area contributed by atoms with Crippen molar-refractivity contribution in [2.24, 2.45) is 0 Å². The molecule has 18 heavy (non-hydrogen) atoms. The number of halogens is 3. The molecule has 0 bridgehead atoms. The molecule has 1 fully saturated rings. The lowest BCUT2D eigenvalue weighted by Gasteiger charge is -2.17. The van der Waals surface area contributed by atoms with Gasteiger partial charge in [-0.3, -0.25) is 9.59 Å². The highest BCUT2D eigenvalue weighted by Gasteiger charge is 2.44. The van der Waals surface area contributed by atoms with Gasteiger partial charge in [-0.2, -0.15) is 13.2 Å². The van der Waals surface area contributed by atoms with Crippen molar-refractivity contribution in [3.8, 4) is 0 Å². The summed E-state index contributed by atoms with van der Waals surface area (Å²) < 4.78 is 50.9. The molecule has 0 aromatic rings. The van der Waals surface area contributed by atoms with Gasteiger partial charge in [0.25, 0.3) is 0 Å². The Bertz CT molecular complexity index is 304. The predicted octanol–water partition coefficient (Wildman–Crippen LogP) is 1.55. The lowest BCUT2D eigenvalue weighted by atomic mass is 10.1. The van der Waals surface area contributed by atoms with Gasteiger partial charge in [-0.25, -0.2) is 0 Å². The molecule has 1 rings (SSSR count). The molecular weight excluding hydrogens is 257 g/mol. The molecule has 5 nitrogen and oxygen atoms in total. The Kier molecular flexibility index (Phi) is 4.55. The van der Waals surface area contributed by atoms with Crippen LogP contribution in [0.3, 0.4) is 0 Å². The fraction of sp³-hybridized carbons (Fsp3) is 0.800. The van der Waals surface area contributed by atoms with Crippen molar-refractivity contribution in [1.82, 2.24) is 0 Å². The first-order valence-corrected chi connectivity index (χ1v) is 5.24.